The predicted octanol–water partition coefficient (Wildman–Crippen LogP) is 0.977. The summed E-state index contributed by atoms with van der Waals surface area (Å²) in [5.41, 5.74) is 4.09. The molecule has 0 amide bonds. The van der Waals surface area contributed by atoms with Gasteiger partial charge in [-0.25, -0.2) is 13.1 Å². The highest BCUT2D eigenvalue weighted by Crippen LogP contribution is 2.29. The van der Waals surface area contributed by atoms with E-state index < -0.39 is 10.0 Å². The van der Waals surface area contributed by atoms with Gasteiger partial charge in [-0.1, -0.05) is 12.1 Å². The number of H-pyrrole nitrogens is 1. The van der Waals surface area contributed by atoms with Crippen LogP contribution in [0.2, 0.25) is 0 Å². The first-order chi connectivity index (χ1) is 13.8. The maximum atomic E-state index is 13.2. The van der Waals surface area contributed by atoms with E-state index >= 15 is 0 Å². The fourth-order valence-electron chi connectivity index (χ4n) is 4.20. The first kappa shape index (κ1) is 18.1. The summed E-state index contributed by atoms with van der Waals surface area (Å²) < 4.78 is 28.6. The second-order valence-corrected chi connectivity index (χ2v) is 9.43. The number of nitrogens with one attached hydrogen (secondary N) is 1. The number of hydrogen-bond acceptors (Lipinski definition) is 5. The second kappa shape index (κ2) is 6.26. The molecule has 0 unspecified atom stereocenters. The zero-order valence-electron chi connectivity index (χ0n) is 16.1. The van der Waals surface area contributed by atoms with Gasteiger partial charge in [0.15, 0.2) is 0 Å². The van der Waals surface area contributed by atoms with Gasteiger partial charge in [-0.15, -0.1) is 0 Å². The van der Waals surface area contributed by atoms with Crippen LogP contribution in [0.4, 0.5) is 0 Å². The largest absolute Gasteiger partial charge is 0.342 e. The highest BCUT2D eigenvalue weighted by atomic mass is 32.2. The average molecular weight is 412 g/mol. The predicted molar refractivity (Wildman–Crippen MR) is 109 cm³/mol. The highest BCUT2D eigenvalue weighted by molar-refractivity contribution is 7.88. The molecule has 0 aliphatic carbocycles. The highest BCUT2D eigenvalue weighted by Gasteiger charge is 2.28. The van der Waals surface area contributed by atoms with Crippen LogP contribution >= 0.6 is 0 Å². The molecule has 5 rings (SSSR count). The molecule has 150 valence electrons. The number of nitrogens with zero attached hydrogens (tertiary/aromatic N) is 5. The van der Waals surface area contributed by atoms with E-state index in [1.807, 2.05) is 29.8 Å². The normalized spacial score (nSPS) is 15.2. The molecule has 4 aromatic rings. The third-order valence-corrected chi connectivity index (χ3v) is 6.98. The van der Waals surface area contributed by atoms with Crippen molar-refractivity contribution in [1.29, 1.82) is 0 Å². The van der Waals surface area contributed by atoms with Crippen LogP contribution in [-0.4, -0.2) is 50.1 Å². The van der Waals surface area contributed by atoms with Gasteiger partial charge in [0.1, 0.15) is 5.52 Å². The van der Waals surface area contributed by atoms with Crippen LogP contribution in [0.3, 0.4) is 0 Å². The number of benzene rings is 1. The number of fused-ring (bicyclic) bond motifs is 4. The molecule has 1 aromatic carbocycles. The molecule has 10 heteroatoms. The molecule has 29 heavy (non-hydrogen) atoms. The molecule has 3 aromatic heterocycles. The molecular formula is C19H20N6O3S. The maximum Gasteiger partial charge on any atom is 0.291 e. The van der Waals surface area contributed by atoms with Gasteiger partial charge in [-0.05, 0) is 23.6 Å². The minimum absolute atomic E-state index is 0.189. The van der Waals surface area contributed by atoms with Crippen molar-refractivity contribution in [3.63, 3.8) is 0 Å². The van der Waals surface area contributed by atoms with Crippen LogP contribution in [0, 0.1) is 0 Å². The van der Waals surface area contributed by atoms with Crippen LogP contribution < -0.4 is 5.56 Å². The maximum absolute atomic E-state index is 13.2. The Morgan fingerprint density at radius 1 is 1.21 bits per heavy atom. The van der Waals surface area contributed by atoms with Crippen LogP contribution in [0.5, 0.6) is 0 Å². The van der Waals surface area contributed by atoms with Crippen molar-refractivity contribution in [3.05, 3.63) is 57.8 Å². The van der Waals surface area contributed by atoms with Gasteiger partial charge < -0.3 is 4.57 Å². The van der Waals surface area contributed by atoms with E-state index in [0.29, 0.717) is 25.0 Å². The molecule has 0 spiro atoms. The fraction of sp³-hybridized carbons (Fsp3) is 0.316. The van der Waals surface area contributed by atoms with Gasteiger partial charge in [-0.3, -0.25) is 9.89 Å². The van der Waals surface area contributed by atoms with E-state index in [0.717, 1.165) is 33.1 Å². The third-order valence-electron chi connectivity index (χ3n) is 5.73. The van der Waals surface area contributed by atoms with Crippen molar-refractivity contribution in [1.82, 2.24) is 28.9 Å². The Bertz CT molecular complexity index is 1430. The van der Waals surface area contributed by atoms with E-state index in [4.69, 9.17) is 0 Å². The zero-order chi connectivity index (χ0) is 20.3. The molecule has 0 saturated heterocycles. The molecule has 0 radical (unpaired) electrons. The van der Waals surface area contributed by atoms with Gasteiger partial charge in [0.05, 0.1) is 37.3 Å². The van der Waals surface area contributed by atoms with Gasteiger partial charge in [0, 0.05) is 30.1 Å². The molecule has 0 saturated carbocycles. The first-order valence-corrected chi connectivity index (χ1v) is 11.1. The van der Waals surface area contributed by atoms with Crippen molar-refractivity contribution in [2.75, 3.05) is 12.8 Å². The summed E-state index contributed by atoms with van der Waals surface area (Å²) in [6.45, 7) is 1.01. The molecule has 0 atom stereocenters. The monoisotopic (exact) mass is 412 g/mol. The molecule has 0 bridgehead atoms. The number of hydrogen-bond donors (Lipinski definition) is 1. The topological polar surface area (TPSA) is 106 Å². The van der Waals surface area contributed by atoms with E-state index in [2.05, 4.69) is 15.3 Å². The Labute approximate surface area is 166 Å². The average Bonchev–Trinajstić information content (AvgIpc) is 3.27. The zero-order valence-corrected chi connectivity index (χ0v) is 16.9. The SMILES string of the molecule is Cn1c2c(c3cnn(Cc4cccc5[nH]ncc45)c(=O)c31)CCN(S(C)(=O)=O)C2. The summed E-state index contributed by atoms with van der Waals surface area (Å²) >= 11 is 0. The van der Waals surface area contributed by atoms with Gasteiger partial charge in [-0.2, -0.15) is 14.5 Å². The number of aromatic nitrogens is 5. The molecule has 0 fully saturated rings. The van der Waals surface area contributed by atoms with Crippen LogP contribution in [0.1, 0.15) is 16.8 Å². The Balaban J connectivity index is 1.62. The minimum Gasteiger partial charge on any atom is -0.342 e. The quantitative estimate of drug-likeness (QED) is 0.540. The summed E-state index contributed by atoms with van der Waals surface area (Å²) in [6.07, 6.45) is 5.25. The lowest BCUT2D eigenvalue weighted by Gasteiger charge is -2.25. The lowest BCUT2D eigenvalue weighted by molar-refractivity contribution is 0.386. The third kappa shape index (κ3) is 2.78. The standard InChI is InChI=1S/C19H20N6O3S/c1-23-17-11-24(29(2,27)28)7-6-13(17)15-9-21-25(19(26)18(15)23)10-12-4-3-5-16-14(12)8-20-22-16/h3-5,8-9H,6-7,10-11H2,1-2H3,(H,20,22). The lowest BCUT2D eigenvalue weighted by Crippen LogP contribution is -2.35. The molecule has 1 N–H and O–H groups in total. The molecular weight excluding hydrogens is 392 g/mol. The Morgan fingerprint density at radius 2 is 2.03 bits per heavy atom. The van der Waals surface area contributed by atoms with Gasteiger partial charge in [0.25, 0.3) is 5.56 Å². The van der Waals surface area contributed by atoms with Crippen molar-refractivity contribution >= 4 is 31.8 Å². The van der Waals surface area contributed by atoms with Crippen molar-refractivity contribution in [3.8, 4) is 0 Å². The summed E-state index contributed by atoms with van der Waals surface area (Å²) in [5, 5.41) is 13.2. The summed E-state index contributed by atoms with van der Waals surface area (Å²) in [5.74, 6) is 0. The lowest BCUT2D eigenvalue weighted by atomic mass is 10.1. The number of sulfonamides is 1. The summed E-state index contributed by atoms with van der Waals surface area (Å²) in [6, 6.07) is 5.81. The van der Waals surface area contributed by atoms with Gasteiger partial charge >= 0.3 is 0 Å². The second-order valence-electron chi connectivity index (χ2n) is 7.45. The molecule has 1 aliphatic heterocycles. The Kier molecular flexibility index (Phi) is 3.90. The van der Waals surface area contributed by atoms with Crippen molar-refractivity contribution in [2.45, 2.75) is 19.5 Å². The first-order valence-electron chi connectivity index (χ1n) is 9.27. The number of aryl methyl sites for hydroxylation is 1. The van der Waals surface area contributed by atoms with E-state index in [1.54, 1.807) is 12.4 Å². The summed E-state index contributed by atoms with van der Waals surface area (Å²) in [7, 11) is -1.47. The number of rotatable bonds is 3. The van der Waals surface area contributed by atoms with Gasteiger partial charge in [0.2, 0.25) is 10.0 Å². The van der Waals surface area contributed by atoms with Crippen LogP contribution in [-0.2, 0) is 36.6 Å². The fourth-order valence-corrected chi connectivity index (χ4v) is 4.98. The Hall–Kier alpha value is -2.98. The number of aromatic amines is 1. The van der Waals surface area contributed by atoms with E-state index in [-0.39, 0.29) is 12.1 Å². The smallest absolute Gasteiger partial charge is 0.291 e. The summed E-state index contributed by atoms with van der Waals surface area (Å²) in [4.78, 5) is 13.2. The van der Waals surface area contributed by atoms with Crippen molar-refractivity contribution < 1.29 is 8.42 Å². The van der Waals surface area contributed by atoms with Crippen LogP contribution in [0.25, 0.3) is 21.8 Å². The Morgan fingerprint density at radius 3 is 2.83 bits per heavy atom. The minimum atomic E-state index is -3.28. The molecule has 9 nitrogen and oxygen atoms in total. The van der Waals surface area contributed by atoms with Crippen LogP contribution in [0.15, 0.2) is 35.4 Å². The molecule has 4 heterocycles. The van der Waals surface area contributed by atoms with E-state index in [9.17, 15) is 13.2 Å². The molecule has 1 aliphatic rings. The van der Waals surface area contributed by atoms with E-state index in [1.165, 1.54) is 15.2 Å². The van der Waals surface area contributed by atoms with Crippen molar-refractivity contribution in [2.24, 2.45) is 7.05 Å².